The molecule has 1 atom stereocenters. The molecule has 21 heavy (non-hydrogen) atoms. The Bertz CT molecular complexity index is 668. The SMILES string of the molecule is CC1CN(C(=O)c2cc3ccccc3cc2O)CCCO1. The van der Waals surface area contributed by atoms with Crippen LogP contribution in [-0.2, 0) is 4.74 Å². The summed E-state index contributed by atoms with van der Waals surface area (Å²) in [6.45, 7) is 3.86. The van der Waals surface area contributed by atoms with Crippen molar-refractivity contribution in [2.45, 2.75) is 19.4 Å². The van der Waals surface area contributed by atoms with Crippen LogP contribution < -0.4 is 0 Å². The van der Waals surface area contributed by atoms with E-state index in [-0.39, 0.29) is 17.8 Å². The van der Waals surface area contributed by atoms with Gasteiger partial charge in [-0.2, -0.15) is 0 Å². The third-order valence-electron chi connectivity index (χ3n) is 3.83. The number of carbonyl (C=O) groups excluding carboxylic acids is 1. The van der Waals surface area contributed by atoms with Crippen LogP contribution in [0.25, 0.3) is 10.8 Å². The number of rotatable bonds is 1. The van der Waals surface area contributed by atoms with Gasteiger partial charge in [0.2, 0.25) is 0 Å². The topological polar surface area (TPSA) is 49.8 Å². The van der Waals surface area contributed by atoms with E-state index in [1.165, 1.54) is 0 Å². The van der Waals surface area contributed by atoms with Crippen molar-refractivity contribution in [3.05, 3.63) is 42.0 Å². The quantitative estimate of drug-likeness (QED) is 0.876. The van der Waals surface area contributed by atoms with E-state index in [9.17, 15) is 9.90 Å². The Hall–Kier alpha value is -2.07. The van der Waals surface area contributed by atoms with Crippen LogP contribution in [0.4, 0.5) is 0 Å². The molecule has 0 bridgehead atoms. The van der Waals surface area contributed by atoms with Crippen molar-refractivity contribution in [1.29, 1.82) is 0 Å². The lowest BCUT2D eigenvalue weighted by Gasteiger charge is -2.22. The van der Waals surface area contributed by atoms with Crippen LogP contribution in [0, 0.1) is 0 Å². The van der Waals surface area contributed by atoms with E-state index in [4.69, 9.17) is 4.74 Å². The third kappa shape index (κ3) is 2.85. The number of benzene rings is 2. The van der Waals surface area contributed by atoms with E-state index < -0.39 is 0 Å². The zero-order valence-corrected chi connectivity index (χ0v) is 12.1. The Labute approximate surface area is 123 Å². The first-order valence-corrected chi connectivity index (χ1v) is 7.28. The van der Waals surface area contributed by atoms with Crippen molar-refractivity contribution >= 4 is 16.7 Å². The lowest BCUT2D eigenvalue weighted by atomic mass is 10.0. The summed E-state index contributed by atoms with van der Waals surface area (Å²) in [5.74, 6) is -0.0906. The summed E-state index contributed by atoms with van der Waals surface area (Å²) in [6.07, 6.45) is 0.851. The van der Waals surface area contributed by atoms with Crippen LogP contribution in [0.1, 0.15) is 23.7 Å². The molecule has 1 amide bonds. The van der Waals surface area contributed by atoms with Crippen LogP contribution in [-0.4, -0.2) is 41.7 Å². The maximum Gasteiger partial charge on any atom is 0.257 e. The summed E-state index contributed by atoms with van der Waals surface area (Å²) in [7, 11) is 0. The number of carbonyl (C=O) groups is 1. The average Bonchev–Trinajstić information content (AvgIpc) is 2.70. The molecular weight excluding hydrogens is 266 g/mol. The number of phenolic OH excluding ortho intramolecular Hbond substituents is 1. The average molecular weight is 285 g/mol. The summed E-state index contributed by atoms with van der Waals surface area (Å²) < 4.78 is 5.56. The summed E-state index contributed by atoms with van der Waals surface area (Å²) >= 11 is 0. The largest absolute Gasteiger partial charge is 0.507 e. The molecule has 0 saturated carbocycles. The zero-order valence-electron chi connectivity index (χ0n) is 12.1. The van der Waals surface area contributed by atoms with Gasteiger partial charge < -0.3 is 14.7 Å². The predicted octanol–water partition coefficient (Wildman–Crippen LogP) is 2.80. The second-order valence-electron chi connectivity index (χ2n) is 5.50. The highest BCUT2D eigenvalue weighted by atomic mass is 16.5. The standard InChI is InChI=1S/C17H19NO3/c1-12-11-18(7-4-8-21-12)17(20)15-9-13-5-2-3-6-14(13)10-16(15)19/h2-3,5-6,9-10,12,19H,4,7-8,11H2,1H3. The molecule has 3 rings (SSSR count). The molecule has 0 aliphatic carbocycles. The predicted molar refractivity (Wildman–Crippen MR) is 81.5 cm³/mol. The van der Waals surface area contributed by atoms with Gasteiger partial charge >= 0.3 is 0 Å². The van der Waals surface area contributed by atoms with Crippen LogP contribution in [0.5, 0.6) is 5.75 Å². The van der Waals surface area contributed by atoms with Crippen LogP contribution in [0.3, 0.4) is 0 Å². The third-order valence-corrected chi connectivity index (χ3v) is 3.83. The number of ether oxygens (including phenoxy) is 1. The highest BCUT2D eigenvalue weighted by Crippen LogP contribution is 2.26. The molecule has 4 heteroatoms. The summed E-state index contributed by atoms with van der Waals surface area (Å²) in [4.78, 5) is 14.4. The Morgan fingerprint density at radius 2 is 2.00 bits per heavy atom. The highest BCUT2D eigenvalue weighted by Gasteiger charge is 2.23. The van der Waals surface area contributed by atoms with Gasteiger partial charge in [0, 0.05) is 19.7 Å². The van der Waals surface area contributed by atoms with E-state index in [2.05, 4.69) is 0 Å². The van der Waals surface area contributed by atoms with E-state index in [1.54, 1.807) is 17.0 Å². The molecule has 1 unspecified atom stereocenters. The van der Waals surface area contributed by atoms with E-state index >= 15 is 0 Å². The van der Waals surface area contributed by atoms with Gasteiger partial charge in [0.05, 0.1) is 11.7 Å². The maximum absolute atomic E-state index is 12.7. The molecule has 1 N–H and O–H groups in total. The van der Waals surface area contributed by atoms with Gasteiger partial charge in [-0.15, -0.1) is 0 Å². The molecular formula is C17H19NO3. The molecule has 1 aliphatic rings. The van der Waals surface area contributed by atoms with Gasteiger partial charge in [-0.05, 0) is 36.2 Å². The number of fused-ring (bicyclic) bond motifs is 1. The Morgan fingerprint density at radius 3 is 2.76 bits per heavy atom. The van der Waals surface area contributed by atoms with Crippen molar-refractivity contribution in [3.8, 4) is 5.75 Å². The Balaban J connectivity index is 1.95. The lowest BCUT2D eigenvalue weighted by molar-refractivity contribution is 0.0561. The number of amides is 1. The molecule has 0 aromatic heterocycles. The molecule has 2 aromatic carbocycles. The van der Waals surface area contributed by atoms with Crippen molar-refractivity contribution in [2.24, 2.45) is 0 Å². The van der Waals surface area contributed by atoms with Crippen molar-refractivity contribution in [3.63, 3.8) is 0 Å². The van der Waals surface area contributed by atoms with Gasteiger partial charge in [-0.3, -0.25) is 4.79 Å². The number of nitrogens with zero attached hydrogens (tertiary/aromatic N) is 1. The van der Waals surface area contributed by atoms with Gasteiger partial charge in [-0.1, -0.05) is 24.3 Å². The van der Waals surface area contributed by atoms with Crippen LogP contribution >= 0.6 is 0 Å². The van der Waals surface area contributed by atoms with Crippen molar-refractivity contribution < 1.29 is 14.6 Å². The second kappa shape index (κ2) is 5.74. The van der Waals surface area contributed by atoms with Gasteiger partial charge in [0.15, 0.2) is 0 Å². The van der Waals surface area contributed by atoms with E-state index in [0.29, 0.717) is 25.3 Å². The van der Waals surface area contributed by atoms with Gasteiger partial charge in [0.1, 0.15) is 5.75 Å². The second-order valence-corrected chi connectivity index (χ2v) is 5.50. The van der Waals surface area contributed by atoms with Crippen molar-refractivity contribution in [2.75, 3.05) is 19.7 Å². The maximum atomic E-state index is 12.7. The zero-order chi connectivity index (χ0) is 14.8. The number of hydrogen-bond acceptors (Lipinski definition) is 3. The minimum absolute atomic E-state index is 0.0269. The minimum atomic E-state index is -0.129. The first-order valence-electron chi connectivity index (χ1n) is 7.28. The molecule has 2 aromatic rings. The van der Waals surface area contributed by atoms with E-state index in [1.807, 2.05) is 31.2 Å². The number of aromatic hydroxyl groups is 1. The highest BCUT2D eigenvalue weighted by molar-refractivity contribution is 6.01. The molecule has 1 fully saturated rings. The van der Waals surface area contributed by atoms with Crippen LogP contribution in [0.15, 0.2) is 36.4 Å². The molecule has 1 heterocycles. The molecule has 1 aliphatic heterocycles. The molecule has 4 nitrogen and oxygen atoms in total. The monoisotopic (exact) mass is 285 g/mol. The Kier molecular flexibility index (Phi) is 3.80. The Morgan fingerprint density at radius 1 is 1.29 bits per heavy atom. The fourth-order valence-corrected chi connectivity index (χ4v) is 2.75. The summed E-state index contributed by atoms with van der Waals surface area (Å²) in [5, 5.41) is 12.1. The van der Waals surface area contributed by atoms with Gasteiger partial charge in [0.25, 0.3) is 5.91 Å². The molecule has 110 valence electrons. The van der Waals surface area contributed by atoms with Crippen LogP contribution in [0.2, 0.25) is 0 Å². The van der Waals surface area contributed by atoms with Crippen molar-refractivity contribution in [1.82, 2.24) is 4.90 Å². The fraction of sp³-hybridized carbons (Fsp3) is 0.353. The minimum Gasteiger partial charge on any atom is -0.507 e. The number of hydrogen-bond donors (Lipinski definition) is 1. The summed E-state index contributed by atoms with van der Waals surface area (Å²) in [6, 6.07) is 11.1. The summed E-state index contributed by atoms with van der Waals surface area (Å²) in [5.41, 5.74) is 0.364. The fourth-order valence-electron chi connectivity index (χ4n) is 2.75. The first-order chi connectivity index (χ1) is 10.1. The normalized spacial score (nSPS) is 19.5. The molecule has 1 saturated heterocycles. The smallest absolute Gasteiger partial charge is 0.257 e. The molecule has 0 radical (unpaired) electrons. The van der Waals surface area contributed by atoms with Gasteiger partial charge in [-0.25, -0.2) is 0 Å². The number of phenols is 1. The first kappa shape index (κ1) is 13.9. The van der Waals surface area contributed by atoms with E-state index in [0.717, 1.165) is 17.2 Å². The lowest BCUT2D eigenvalue weighted by Crippen LogP contribution is -2.35. The molecule has 0 spiro atoms.